The normalized spacial score (nSPS) is 15.5. The third kappa shape index (κ3) is 4.94. The van der Waals surface area contributed by atoms with Crippen LogP contribution in [0.2, 0.25) is 0 Å². The summed E-state index contributed by atoms with van der Waals surface area (Å²) < 4.78 is 23.1. The molecule has 1 amide bonds. The molecule has 0 radical (unpaired) electrons. The van der Waals surface area contributed by atoms with E-state index < -0.39 is 9.84 Å². The third-order valence-corrected chi connectivity index (χ3v) is 5.71. The van der Waals surface area contributed by atoms with Gasteiger partial charge >= 0.3 is 0 Å². The molecule has 4 nitrogen and oxygen atoms in total. The molecule has 1 aliphatic carbocycles. The molecular weight excluding hydrogens is 346 g/mol. The summed E-state index contributed by atoms with van der Waals surface area (Å²) >= 11 is 0. The molecule has 1 unspecified atom stereocenters. The predicted octanol–water partition coefficient (Wildman–Crippen LogP) is 3.67. The van der Waals surface area contributed by atoms with Crippen LogP contribution in [-0.2, 0) is 22.1 Å². The van der Waals surface area contributed by atoms with Crippen molar-refractivity contribution in [3.05, 3.63) is 71.3 Å². The van der Waals surface area contributed by atoms with Crippen LogP contribution in [0.4, 0.5) is 0 Å². The van der Waals surface area contributed by atoms with Gasteiger partial charge in [-0.05, 0) is 48.9 Å². The lowest BCUT2D eigenvalue weighted by atomic mass is 10.1. The summed E-state index contributed by atoms with van der Waals surface area (Å²) in [6.07, 6.45) is 3.53. The monoisotopic (exact) mass is 371 g/mol. The van der Waals surface area contributed by atoms with Crippen molar-refractivity contribution < 1.29 is 13.2 Å². The highest BCUT2D eigenvalue weighted by Gasteiger charge is 2.34. The topological polar surface area (TPSA) is 54.5 Å². The van der Waals surface area contributed by atoms with Crippen LogP contribution in [0, 0.1) is 5.92 Å². The summed E-state index contributed by atoms with van der Waals surface area (Å²) in [5.41, 5.74) is 2.30. The van der Waals surface area contributed by atoms with Crippen LogP contribution < -0.4 is 0 Å². The van der Waals surface area contributed by atoms with Crippen LogP contribution >= 0.6 is 0 Å². The molecule has 26 heavy (non-hydrogen) atoms. The maximum Gasteiger partial charge on any atom is 0.254 e. The first-order valence-electron chi connectivity index (χ1n) is 8.95. The van der Waals surface area contributed by atoms with E-state index >= 15 is 0 Å². The molecule has 1 aliphatic rings. The van der Waals surface area contributed by atoms with Crippen LogP contribution in [0.1, 0.15) is 41.3 Å². The fourth-order valence-corrected chi connectivity index (χ4v) is 4.06. The number of carbonyl (C=O) groups excluding carboxylic acids is 1. The molecule has 0 N–H and O–H groups in total. The third-order valence-electron chi connectivity index (χ3n) is 4.86. The summed E-state index contributed by atoms with van der Waals surface area (Å²) in [6.45, 7) is 2.67. The van der Waals surface area contributed by atoms with Gasteiger partial charge in [-0.15, -0.1) is 0 Å². The Morgan fingerprint density at radius 2 is 1.73 bits per heavy atom. The first-order chi connectivity index (χ1) is 12.3. The highest BCUT2D eigenvalue weighted by atomic mass is 32.2. The van der Waals surface area contributed by atoms with Crippen LogP contribution in [0.5, 0.6) is 0 Å². The smallest absolute Gasteiger partial charge is 0.254 e. The zero-order valence-electron chi connectivity index (χ0n) is 15.3. The van der Waals surface area contributed by atoms with Crippen molar-refractivity contribution in [2.24, 2.45) is 5.92 Å². The summed E-state index contributed by atoms with van der Waals surface area (Å²) in [5.74, 6) is 0.468. The van der Waals surface area contributed by atoms with Crippen molar-refractivity contribution in [1.29, 1.82) is 0 Å². The Balaban J connectivity index is 1.86. The van der Waals surface area contributed by atoms with Crippen molar-refractivity contribution in [1.82, 2.24) is 4.90 Å². The summed E-state index contributed by atoms with van der Waals surface area (Å²) in [5, 5.41) is 0. The Morgan fingerprint density at radius 3 is 2.35 bits per heavy atom. The number of nitrogens with zero attached hydrogens (tertiary/aromatic N) is 1. The van der Waals surface area contributed by atoms with Crippen LogP contribution in [-0.4, -0.2) is 31.5 Å². The first-order valence-corrected chi connectivity index (χ1v) is 11.0. The van der Waals surface area contributed by atoms with Crippen LogP contribution in [0.3, 0.4) is 0 Å². The molecule has 2 aromatic rings. The van der Waals surface area contributed by atoms with E-state index in [2.05, 4.69) is 6.92 Å². The number of sulfone groups is 1. The number of hydrogen-bond donors (Lipinski definition) is 0. The fraction of sp³-hybridized carbons (Fsp3) is 0.381. The second kappa shape index (κ2) is 7.62. The van der Waals surface area contributed by atoms with Crippen molar-refractivity contribution in [3.63, 3.8) is 0 Å². The van der Waals surface area contributed by atoms with Gasteiger partial charge in [-0.2, -0.15) is 0 Å². The zero-order valence-corrected chi connectivity index (χ0v) is 16.1. The Labute approximate surface area is 155 Å². The van der Waals surface area contributed by atoms with Crippen molar-refractivity contribution in [2.45, 2.75) is 38.1 Å². The molecule has 5 heteroatoms. The van der Waals surface area contributed by atoms with Gasteiger partial charge in [0.1, 0.15) is 0 Å². The fourth-order valence-electron chi connectivity index (χ4n) is 3.28. The van der Waals surface area contributed by atoms with Gasteiger partial charge in [0.05, 0.1) is 5.75 Å². The van der Waals surface area contributed by atoms with Gasteiger partial charge in [0, 0.05) is 24.4 Å². The lowest BCUT2D eigenvalue weighted by molar-refractivity contribution is 0.0654. The van der Waals surface area contributed by atoms with Gasteiger partial charge in [-0.25, -0.2) is 8.42 Å². The number of benzene rings is 2. The maximum atomic E-state index is 13.2. The molecule has 2 aromatic carbocycles. The Bertz CT molecular complexity index is 873. The van der Waals surface area contributed by atoms with E-state index in [-0.39, 0.29) is 17.7 Å². The zero-order chi connectivity index (χ0) is 18.7. The highest BCUT2D eigenvalue weighted by Crippen LogP contribution is 2.36. The molecule has 0 heterocycles. The van der Waals surface area contributed by atoms with Crippen molar-refractivity contribution in [2.75, 3.05) is 6.26 Å². The molecule has 0 bridgehead atoms. The van der Waals surface area contributed by atoms with E-state index in [0.29, 0.717) is 23.6 Å². The van der Waals surface area contributed by atoms with Crippen LogP contribution in [0.15, 0.2) is 54.6 Å². The molecule has 138 valence electrons. The second-order valence-electron chi connectivity index (χ2n) is 7.27. The van der Waals surface area contributed by atoms with E-state index in [1.54, 1.807) is 24.3 Å². The molecule has 1 saturated carbocycles. The number of rotatable bonds is 7. The number of amides is 1. The lowest BCUT2D eigenvalue weighted by Crippen LogP contribution is -2.39. The average molecular weight is 372 g/mol. The maximum absolute atomic E-state index is 13.2. The Kier molecular flexibility index (Phi) is 5.47. The Morgan fingerprint density at radius 1 is 1.08 bits per heavy atom. The molecular formula is C21H25NO3S. The van der Waals surface area contributed by atoms with E-state index in [1.807, 2.05) is 35.2 Å². The minimum Gasteiger partial charge on any atom is -0.331 e. The highest BCUT2D eigenvalue weighted by molar-refractivity contribution is 7.89. The molecule has 0 spiro atoms. The first kappa shape index (κ1) is 18.6. The van der Waals surface area contributed by atoms with Gasteiger partial charge in [-0.3, -0.25) is 4.79 Å². The summed E-state index contributed by atoms with van der Waals surface area (Å²) in [7, 11) is -3.13. The van der Waals surface area contributed by atoms with E-state index in [9.17, 15) is 13.2 Å². The molecule has 3 rings (SSSR count). The van der Waals surface area contributed by atoms with Gasteiger partial charge in [0.25, 0.3) is 5.91 Å². The molecule has 0 aromatic heterocycles. The van der Waals surface area contributed by atoms with Gasteiger partial charge in [0.2, 0.25) is 0 Å². The van der Waals surface area contributed by atoms with E-state index in [4.69, 9.17) is 0 Å². The minimum atomic E-state index is -3.13. The average Bonchev–Trinajstić information content (AvgIpc) is 3.43. The largest absolute Gasteiger partial charge is 0.331 e. The SMILES string of the molecule is CC(C1CC1)N(Cc1ccccc1)C(=O)c1cccc(CS(C)(=O)=O)c1. The van der Waals surface area contributed by atoms with Gasteiger partial charge in [0.15, 0.2) is 9.84 Å². The quantitative estimate of drug-likeness (QED) is 0.746. The lowest BCUT2D eigenvalue weighted by Gasteiger charge is -2.30. The Hall–Kier alpha value is -2.14. The van der Waals surface area contributed by atoms with Crippen LogP contribution in [0.25, 0.3) is 0 Å². The summed E-state index contributed by atoms with van der Waals surface area (Å²) in [4.78, 5) is 15.1. The second-order valence-corrected chi connectivity index (χ2v) is 9.41. The summed E-state index contributed by atoms with van der Waals surface area (Å²) in [6, 6.07) is 17.1. The number of carbonyl (C=O) groups is 1. The minimum absolute atomic E-state index is 0.0383. The van der Waals surface area contributed by atoms with Crippen molar-refractivity contribution >= 4 is 15.7 Å². The van der Waals surface area contributed by atoms with Gasteiger partial charge in [-0.1, -0.05) is 42.5 Å². The van der Waals surface area contributed by atoms with Crippen molar-refractivity contribution in [3.8, 4) is 0 Å². The molecule has 0 aliphatic heterocycles. The molecule has 0 saturated heterocycles. The van der Waals surface area contributed by atoms with E-state index in [0.717, 1.165) is 18.4 Å². The predicted molar refractivity (Wildman–Crippen MR) is 103 cm³/mol. The molecule has 1 atom stereocenters. The van der Waals surface area contributed by atoms with Gasteiger partial charge < -0.3 is 4.90 Å². The van der Waals surface area contributed by atoms with E-state index in [1.165, 1.54) is 6.26 Å². The standard InChI is InChI=1S/C21H25NO3S/c1-16(19-11-12-19)22(14-17-7-4-3-5-8-17)21(23)20-10-6-9-18(13-20)15-26(2,24)25/h3-10,13,16,19H,11-12,14-15H2,1-2H3. The number of hydrogen-bond acceptors (Lipinski definition) is 3. The molecule has 1 fully saturated rings.